The van der Waals surface area contributed by atoms with Crippen molar-refractivity contribution in [1.82, 2.24) is 25.0 Å². The number of nitrogens with zero attached hydrogens (tertiary/aromatic N) is 4. The molecule has 0 atom stereocenters. The van der Waals surface area contributed by atoms with Gasteiger partial charge in [0.05, 0.1) is 18.9 Å². The number of nitrogens with one attached hydrogen (secondary N) is 1. The molecule has 1 aromatic carbocycles. The van der Waals surface area contributed by atoms with Gasteiger partial charge in [0.15, 0.2) is 0 Å². The van der Waals surface area contributed by atoms with Gasteiger partial charge in [0.1, 0.15) is 5.69 Å². The topological polar surface area (TPSA) is 74.4 Å². The maximum atomic E-state index is 13.3. The number of H-pyrrole nitrogens is 1. The molecule has 3 heterocycles. The predicted octanol–water partition coefficient (Wildman–Crippen LogP) is 3.60. The second-order valence-electron chi connectivity index (χ2n) is 7.56. The van der Waals surface area contributed by atoms with Gasteiger partial charge in [0.25, 0.3) is 5.91 Å². The molecule has 1 saturated heterocycles. The van der Waals surface area contributed by atoms with E-state index in [0.29, 0.717) is 18.8 Å². The lowest BCUT2D eigenvalue weighted by molar-refractivity contribution is 0.0355. The van der Waals surface area contributed by atoms with E-state index in [2.05, 4.69) is 36.0 Å². The van der Waals surface area contributed by atoms with Gasteiger partial charge in [-0.15, -0.1) is 0 Å². The minimum Gasteiger partial charge on any atom is -0.379 e. The third-order valence-corrected chi connectivity index (χ3v) is 5.89. The Hall–Kier alpha value is -2.55. The number of ether oxygens (including phenoxy) is 1. The quantitative estimate of drug-likeness (QED) is 0.529. The average Bonchev–Trinajstić information content (AvgIpc) is 3.30. The monoisotopic (exact) mass is 483 g/mol. The summed E-state index contributed by atoms with van der Waals surface area (Å²) >= 11 is 3.45. The molecule has 1 amide bonds. The number of carbonyl (C=O) groups is 1. The highest BCUT2D eigenvalue weighted by atomic mass is 79.9. The van der Waals surface area contributed by atoms with E-state index in [4.69, 9.17) is 4.74 Å². The standard InChI is InChI=1S/C23H26BrN5O2/c24-20-4-2-19(3-5-20)21-16-22(27-26-21)23(30)29(17-18-6-8-25-9-7-18)11-1-10-28-12-14-31-15-13-28/h2-9,16H,1,10-15,17H2,(H,26,27). The van der Waals surface area contributed by atoms with Crippen LogP contribution in [0.15, 0.2) is 59.3 Å². The molecule has 1 aliphatic rings. The molecule has 2 aromatic heterocycles. The van der Waals surface area contributed by atoms with Crippen molar-refractivity contribution in [3.8, 4) is 11.3 Å². The van der Waals surface area contributed by atoms with Gasteiger partial charge >= 0.3 is 0 Å². The summed E-state index contributed by atoms with van der Waals surface area (Å²) in [5.74, 6) is -0.0466. The van der Waals surface area contributed by atoms with Crippen molar-refractivity contribution in [1.29, 1.82) is 0 Å². The molecule has 7 nitrogen and oxygen atoms in total. The van der Waals surface area contributed by atoms with E-state index in [1.54, 1.807) is 12.4 Å². The minimum absolute atomic E-state index is 0.0466. The summed E-state index contributed by atoms with van der Waals surface area (Å²) in [7, 11) is 0. The fraction of sp³-hybridized carbons (Fsp3) is 0.348. The number of pyridine rings is 1. The Labute approximate surface area is 190 Å². The third-order valence-electron chi connectivity index (χ3n) is 5.36. The molecule has 1 aliphatic heterocycles. The summed E-state index contributed by atoms with van der Waals surface area (Å²) in [6.07, 6.45) is 4.42. The molecule has 8 heteroatoms. The van der Waals surface area contributed by atoms with Gasteiger partial charge in [-0.1, -0.05) is 28.1 Å². The van der Waals surface area contributed by atoms with Gasteiger partial charge in [-0.3, -0.25) is 19.8 Å². The zero-order valence-corrected chi connectivity index (χ0v) is 18.9. The highest BCUT2D eigenvalue weighted by molar-refractivity contribution is 9.10. The zero-order chi connectivity index (χ0) is 21.5. The molecule has 0 bridgehead atoms. The molecular formula is C23H26BrN5O2. The number of benzene rings is 1. The molecule has 1 N–H and O–H groups in total. The Morgan fingerprint density at radius 2 is 1.87 bits per heavy atom. The van der Waals surface area contributed by atoms with Crippen molar-refractivity contribution in [2.24, 2.45) is 0 Å². The summed E-state index contributed by atoms with van der Waals surface area (Å²) < 4.78 is 6.43. The van der Waals surface area contributed by atoms with Gasteiger partial charge in [-0.25, -0.2) is 0 Å². The molecule has 1 fully saturated rings. The van der Waals surface area contributed by atoms with Crippen LogP contribution in [-0.2, 0) is 11.3 Å². The second kappa shape index (κ2) is 10.7. The maximum Gasteiger partial charge on any atom is 0.272 e. The van der Waals surface area contributed by atoms with Crippen molar-refractivity contribution in [2.45, 2.75) is 13.0 Å². The number of halogens is 1. The smallest absolute Gasteiger partial charge is 0.272 e. The number of aromatic amines is 1. The van der Waals surface area contributed by atoms with E-state index in [1.807, 2.05) is 47.4 Å². The molecular weight excluding hydrogens is 458 g/mol. The zero-order valence-electron chi connectivity index (χ0n) is 17.3. The van der Waals surface area contributed by atoms with Crippen LogP contribution in [0.5, 0.6) is 0 Å². The largest absolute Gasteiger partial charge is 0.379 e. The highest BCUT2D eigenvalue weighted by Crippen LogP contribution is 2.21. The van der Waals surface area contributed by atoms with Gasteiger partial charge < -0.3 is 9.64 Å². The fourth-order valence-corrected chi connectivity index (χ4v) is 3.91. The molecule has 0 aliphatic carbocycles. The van der Waals surface area contributed by atoms with Gasteiger partial charge in [-0.05, 0) is 42.3 Å². The molecule has 0 unspecified atom stereocenters. The first-order chi connectivity index (χ1) is 15.2. The second-order valence-corrected chi connectivity index (χ2v) is 8.48. The normalized spacial score (nSPS) is 14.5. The van der Waals surface area contributed by atoms with Crippen molar-refractivity contribution in [3.05, 3.63) is 70.6 Å². The highest BCUT2D eigenvalue weighted by Gasteiger charge is 2.20. The van der Waals surface area contributed by atoms with Crippen LogP contribution in [0, 0.1) is 0 Å². The number of amides is 1. The summed E-state index contributed by atoms with van der Waals surface area (Å²) in [5.41, 5.74) is 3.28. The summed E-state index contributed by atoms with van der Waals surface area (Å²) in [5, 5.41) is 7.29. The first-order valence-electron chi connectivity index (χ1n) is 10.5. The predicted molar refractivity (Wildman–Crippen MR) is 123 cm³/mol. The van der Waals surface area contributed by atoms with E-state index >= 15 is 0 Å². The van der Waals surface area contributed by atoms with Gasteiger partial charge in [-0.2, -0.15) is 5.10 Å². The Morgan fingerprint density at radius 1 is 1.13 bits per heavy atom. The van der Waals surface area contributed by atoms with Crippen LogP contribution in [0.4, 0.5) is 0 Å². The Kier molecular flexibility index (Phi) is 7.45. The van der Waals surface area contributed by atoms with E-state index in [0.717, 1.165) is 60.6 Å². The molecule has 3 aromatic rings. The molecule has 4 rings (SSSR count). The number of aromatic nitrogens is 3. The van der Waals surface area contributed by atoms with E-state index < -0.39 is 0 Å². The number of hydrogen-bond acceptors (Lipinski definition) is 5. The molecule has 0 spiro atoms. The third kappa shape index (κ3) is 6.00. The average molecular weight is 484 g/mol. The summed E-state index contributed by atoms with van der Waals surface area (Å²) in [6.45, 7) is 5.64. The molecule has 31 heavy (non-hydrogen) atoms. The molecule has 0 radical (unpaired) electrons. The van der Waals surface area contributed by atoms with Crippen LogP contribution in [-0.4, -0.2) is 70.3 Å². The number of carbonyl (C=O) groups excluding carboxylic acids is 1. The van der Waals surface area contributed by atoms with Crippen molar-refractivity contribution >= 4 is 21.8 Å². The van der Waals surface area contributed by atoms with Crippen LogP contribution in [0.25, 0.3) is 11.3 Å². The first-order valence-corrected chi connectivity index (χ1v) is 11.3. The minimum atomic E-state index is -0.0466. The lowest BCUT2D eigenvalue weighted by atomic mass is 10.1. The van der Waals surface area contributed by atoms with Crippen LogP contribution in [0.1, 0.15) is 22.5 Å². The van der Waals surface area contributed by atoms with Gasteiger partial charge in [0, 0.05) is 55.2 Å². The Morgan fingerprint density at radius 3 is 2.61 bits per heavy atom. The van der Waals surface area contributed by atoms with E-state index in [-0.39, 0.29) is 5.91 Å². The fourth-order valence-electron chi connectivity index (χ4n) is 3.64. The van der Waals surface area contributed by atoms with E-state index in [9.17, 15) is 4.79 Å². The molecule has 0 saturated carbocycles. The number of morpholine rings is 1. The number of rotatable bonds is 8. The van der Waals surface area contributed by atoms with Crippen LogP contribution in [0.2, 0.25) is 0 Å². The SMILES string of the molecule is O=C(c1cc(-c2ccc(Br)cc2)n[nH]1)N(CCCN1CCOCC1)Cc1ccncc1. The first kappa shape index (κ1) is 21.7. The molecule has 162 valence electrons. The van der Waals surface area contributed by atoms with Crippen LogP contribution >= 0.6 is 15.9 Å². The Bertz CT molecular complexity index is 971. The van der Waals surface area contributed by atoms with Crippen LogP contribution < -0.4 is 0 Å². The summed E-state index contributed by atoms with van der Waals surface area (Å²) in [4.78, 5) is 21.7. The van der Waals surface area contributed by atoms with Crippen molar-refractivity contribution in [3.63, 3.8) is 0 Å². The van der Waals surface area contributed by atoms with Crippen molar-refractivity contribution in [2.75, 3.05) is 39.4 Å². The lowest BCUT2D eigenvalue weighted by Crippen LogP contribution is -2.39. The Balaban J connectivity index is 1.45. The number of hydrogen-bond donors (Lipinski definition) is 1. The van der Waals surface area contributed by atoms with E-state index in [1.165, 1.54) is 0 Å². The van der Waals surface area contributed by atoms with Crippen LogP contribution in [0.3, 0.4) is 0 Å². The maximum absolute atomic E-state index is 13.3. The summed E-state index contributed by atoms with van der Waals surface area (Å²) in [6, 6.07) is 13.6. The van der Waals surface area contributed by atoms with Gasteiger partial charge in [0.2, 0.25) is 0 Å². The van der Waals surface area contributed by atoms with Crippen molar-refractivity contribution < 1.29 is 9.53 Å². The lowest BCUT2D eigenvalue weighted by Gasteiger charge is -2.28.